The van der Waals surface area contributed by atoms with E-state index in [1.807, 2.05) is 36.4 Å². The number of benzene rings is 11. The van der Waals surface area contributed by atoms with Gasteiger partial charge in [-0.15, -0.1) is 0 Å². The van der Waals surface area contributed by atoms with E-state index in [1.54, 1.807) is 0 Å². The van der Waals surface area contributed by atoms with E-state index in [0.717, 1.165) is 88.6 Å². The highest BCUT2D eigenvalue weighted by molar-refractivity contribution is 6.30. The van der Waals surface area contributed by atoms with E-state index in [-0.39, 0.29) is 0 Å². The lowest BCUT2D eigenvalue weighted by Crippen LogP contribution is -2.01. The van der Waals surface area contributed by atoms with Crippen molar-refractivity contribution in [3.8, 4) is 56.9 Å². The van der Waals surface area contributed by atoms with Gasteiger partial charge in [0.05, 0.1) is 44.1 Å². The van der Waals surface area contributed by atoms with Gasteiger partial charge in [-0.1, -0.05) is 170 Å². The van der Waals surface area contributed by atoms with Crippen molar-refractivity contribution in [1.82, 2.24) is 33.2 Å². The summed E-state index contributed by atoms with van der Waals surface area (Å²) in [6, 6.07) is 91.2. The largest absolute Gasteiger partial charge is 0.309 e. The van der Waals surface area contributed by atoms with Gasteiger partial charge in [-0.2, -0.15) is 0 Å². The van der Waals surface area contributed by atoms with Gasteiger partial charge >= 0.3 is 0 Å². The Morgan fingerprint density at radius 1 is 0.260 bits per heavy atom. The Hall–Kier alpha value is -10.4. The minimum Gasteiger partial charge on any atom is -0.309 e. The number of aromatic nitrogens is 7. The summed E-state index contributed by atoms with van der Waals surface area (Å²) in [7, 11) is 0. The third-order valence-electron chi connectivity index (χ3n) is 15.7. The zero-order valence-electron chi connectivity index (χ0n) is 41.9. The van der Waals surface area contributed by atoms with Gasteiger partial charge < -0.3 is 18.3 Å². The second-order valence-electron chi connectivity index (χ2n) is 20.0. The Balaban J connectivity index is 1.06. The third-order valence-corrected chi connectivity index (χ3v) is 15.7. The second kappa shape index (κ2) is 16.8. The molecule has 0 radical (unpaired) electrons. The maximum Gasteiger partial charge on any atom is 0.164 e. The first-order valence-corrected chi connectivity index (χ1v) is 26.2. The Bertz CT molecular complexity index is 4960. The summed E-state index contributed by atoms with van der Waals surface area (Å²) in [6.07, 6.45) is 0. The summed E-state index contributed by atoms with van der Waals surface area (Å²) in [6.45, 7) is 2.28. The molecule has 16 rings (SSSR count). The summed E-state index contributed by atoms with van der Waals surface area (Å²) in [5.41, 5.74) is 17.4. The topological polar surface area (TPSA) is 58.4 Å². The Kier molecular flexibility index (Phi) is 9.41. The molecular formula is C70H45N7. The summed E-state index contributed by atoms with van der Waals surface area (Å²) in [5, 5.41) is 9.37. The average molecular weight is 984 g/mol. The molecule has 16 aromatic rings. The second-order valence-corrected chi connectivity index (χ2v) is 20.0. The monoisotopic (exact) mass is 983 g/mol. The maximum atomic E-state index is 5.44. The zero-order valence-corrected chi connectivity index (χ0v) is 41.9. The molecule has 0 aliphatic heterocycles. The van der Waals surface area contributed by atoms with Crippen LogP contribution in [0.25, 0.3) is 144 Å². The van der Waals surface area contributed by atoms with Gasteiger partial charge in [-0.25, -0.2) is 15.0 Å². The highest BCUT2D eigenvalue weighted by Gasteiger charge is 2.28. The number of aryl methyl sites for hydroxylation is 1. The van der Waals surface area contributed by atoms with Gasteiger partial charge in [-0.3, -0.25) is 0 Å². The smallest absolute Gasteiger partial charge is 0.164 e. The lowest BCUT2D eigenvalue weighted by molar-refractivity contribution is 1.08. The molecule has 0 saturated carbocycles. The predicted molar refractivity (Wildman–Crippen MR) is 318 cm³/mol. The van der Waals surface area contributed by atoms with E-state index in [0.29, 0.717) is 17.5 Å². The SMILES string of the molecule is Cc1cc2c(c3ccccc3n2-c2ccccc2)c2c1c1cc(-n3c4ccccc4c4c3cc(-c3nc(-c5ccccc5)nc(-c5ccccc5)n3)c3c5ccccc5n(-c5ccccc5)c34)ccc1n2-c1ccccc1. The van der Waals surface area contributed by atoms with Crippen molar-refractivity contribution >= 4 is 87.2 Å². The van der Waals surface area contributed by atoms with Gasteiger partial charge in [0.25, 0.3) is 0 Å². The third kappa shape index (κ3) is 6.41. The molecule has 0 bridgehead atoms. The van der Waals surface area contributed by atoms with Crippen LogP contribution in [0.5, 0.6) is 0 Å². The van der Waals surface area contributed by atoms with Crippen LogP contribution < -0.4 is 0 Å². The van der Waals surface area contributed by atoms with Crippen LogP contribution >= 0.6 is 0 Å². The van der Waals surface area contributed by atoms with Crippen LogP contribution in [0, 0.1) is 6.92 Å². The quantitative estimate of drug-likeness (QED) is 0.160. The van der Waals surface area contributed by atoms with Gasteiger partial charge in [0.1, 0.15) is 0 Å². The number of para-hydroxylation sites is 6. The summed E-state index contributed by atoms with van der Waals surface area (Å²) >= 11 is 0. The van der Waals surface area contributed by atoms with Crippen molar-refractivity contribution in [3.63, 3.8) is 0 Å². The average Bonchev–Trinajstić information content (AvgIpc) is 4.35. The molecular weight excluding hydrogens is 939 g/mol. The van der Waals surface area contributed by atoms with E-state index < -0.39 is 0 Å². The molecule has 0 saturated heterocycles. The molecule has 0 fully saturated rings. The molecule has 11 aromatic carbocycles. The molecule has 0 N–H and O–H groups in total. The molecule has 0 aliphatic rings. The Labute approximate surface area is 442 Å². The summed E-state index contributed by atoms with van der Waals surface area (Å²) < 4.78 is 9.84. The summed E-state index contributed by atoms with van der Waals surface area (Å²) in [5.74, 6) is 1.84. The van der Waals surface area contributed by atoms with E-state index in [4.69, 9.17) is 15.0 Å². The van der Waals surface area contributed by atoms with Crippen molar-refractivity contribution in [2.24, 2.45) is 0 Å². The normalized spacial score (nSPS) is 12.0. The first-order chi connectivity index (χ1) is 38.2. The number of hydrogen-bond donors (Lipinski definition) is 0. The van der Waals surface area contributed by atoms with Crippen LogP contribution in [-0.4, -0.2) is 33.2 Å². The molecule has 77 heavy (non-hydrogen) atoms. The van der Waals surface area contributed by atoms with E-state index in [2.05, 4.69) is 244 Å². The molecule has 5 heterocycles. The number of hydrogen-bond acceptors (Lipinski definition) is 3. The van der Waals surface area contributed by atoms with Crippen molar-refractivity contribution < 1.29 is 0 Å². The van der Waals surface area contributed by atoms with Crippen LogP contribution in [-0.2, 0) is 0 Å². The molecule has 5 aromatic heterocycles. The van der Waals surface area contributed by atoms with E-state index >= 15 is 0 Å². The molecule has 7 nitrogen and oxygen atoms in total. The summed E-state index contributed by atoms with van der Waals surface area (Å²) in [4.78, 5) is 16.0. The zero-order chi connectivity index (χ0) is 50.7. The van der Waals surface area contributed by atoms with Crippen molar-refractivity contribution in [1.29, 1.82) is 0 Å². The number of nitrogens with zero attached hydrogens (tertiary/aromatic N) is 7. The lowest BCUT2D eigenvalue weighted by atomic mass is 10.0. The molecule has 0 unspecified atom stereocenters. The van der Waals surface area contributed by atoms with Crippen LogP contribution in [0.3, 0.4) is 0 Å². The molecule has 0 atom stereocenters. The standard InChI is InChI=1S/C70H45N7/c1-44-41-60-64(52-34-18-20-36-56(52)74(60)47-27-11-4-12-28-47)66-62(44)54-42-50(39-40-59(54)77(66)49-31-15-6-16-32-49)75-57-37-21-19-35-53(57)65-61(75)43-55(63-51-33-17-22-38-58(51)76(67(63)65)48-29-13-5-14-30-48)70-72-68(45-23-7-2-8-24-45)71-69(73-70)46-25-9-3-10-26-46/h2-43H,1H3. The fourth-order valence-electron chi connectivity index (χ4n) is 12.5. The molecule has 360 valence electrons. The number of rotatable bonds is 7. The van der Waals surface area contributed by atoms with Gasteiger partial charge in [0.15, 0.2) is 17.5 Å². The van der Waals surface area contributed by atoms with Crippen molar-refractivity contribution in [3.05, 3.63) is 260 Å². The lowest BCUT2D eigenvalue weighted by Gasteiger charge is -2.14. The minimum absolute atomic E-state index is 0.605. The van der Waals surface area contributed by atoms with Crippen LogP contribution in [0.1, 0.15) is 5.56 Å². The first-order valence-electron chi connectivity index (χ1n) is 26.2. The van der Waals surface area contributed by atoms with Gasteiger partial charge in [0, 0.05) is 82.5 Å². The predicted octanol–water partition coefficient (Wildman–Crippen LogP) is 17.6. The highest BCUT2D eigenvalue weighted by atomic mass is 15.1. The Morgan fingerprint density at radius 2 is 0.636 bits per heavy atom. The Morgan fingerprint density at radius 3 is 1.16 bits per heavy atom. The van der Waals surface area contributed by atoms with Crippen LogP contribution in [0.2, 0.25) is 0 Å². The van der Waals surface area contributed by atoms with Crippen molar-refractivity contribution in [2.45, 2.75) is 6.92 Å². The fourth-order valence-corrected chi connectivity index (χ4v) is 12.5. The van der Waals surface area contributed by atoms with Gasteiger partial charge in [0.2, 0.25) is 0 Å². The number of fused-ring (bicyclic) bond motifs is 14. The minimum atomic E-state index is 0.605. The molecule has 0 amide bonds. The van der Waals surface area contributed by atoms with Crippen LogP contribution in [0.15, 0.2) is 255 Å². The fraction of sp³-hybridized carbons (Fsp3) is 0.0143. The molecule has 0 aliphatic carbocycles. The molecule has 7 heteroatoms. The maximum absolute atomic E-state index is 5.44. The van der Waals surface area contributed by atoms with E-state index in [1.165, 1.54) is 43.7 Å². The van der Waals surface area contributed by atoms with E-state index in [9.17, 15) is 0 Å². The van der Waals surface area contributed by atoms with Crippen molar-refractivity contribution in [2.75, 3.05) is 0 Å². The van der Waals surface area contributed by atoms with Gasteiger partial charge in [-0.05, 0) is 97.4 Å². The molecule has 0 spiro atoms. The van der Waals surface area contributed by atoms with Crippen LogP contribution in [0.4, 0.5) is 0 Å². The highest BCUT2D eigenvalue weighted by Crippen LogP contribution is 2.48. The first kappa shape index (κ1) is 43.1.